The Balaban J connectivity index is 2.96. The maximum atomic E-state index is 11.9. The van der Waals surface area contributed by atoms with Gasteiger partial charge in [0.25, 0.3) is 0 Å². The monoisotopic (exact) mass is 255 g/mol. The molecule has 0 aromatic rings. The normalized spacial score (nSPS) is 23.5. The summed E-state index contributed by atoms with van der Waals surface area (Å²) < 4.78 is 4.61. The summed E-state index contributed by atoms with van der Waals surface area (Å²) in [5.41, 5.74) is 0.164. The van der Waals surface area contributed by atoms with Crippen molar-refractivity contribution in [3.05, 3.63) is 11.5 Å². The molecule has 0 spiro atoms. The molecule has 0 radical (unpaired) electrons. The van der Waals surface area contributed by atoms with Crippen molar-refractivity contribution in [1.29, 1.82) is 0 Å². The van der Waals surface area contributed by atoms with Crippen LogP contribution in [0.3, 0.4) is 0 Å². The summed E-state index contributed by atoms with van der Waals surface area (Å²) in [6.45, 7) is 3.83. The summed E-state index contributed by atoms with van der Waals surface area (Å²) in [5, 5.41) is 12.7. The van der Waals surface area contributed by atoms with Crippen molar-refractivity contribution in [2.24, 2.45) is 5.92 Å². The molecule has 5 heteroatoms. The second kappa shape index (κ2) is 6.42. The number of Topliss-reactive ketones (excluding diaryl/α,β-unsaturated/α-hetero) is 1. The molecule has 0 bridgehead atoms. The van der Waals surface area contributed by atoms with Crippen molar-refractivity contribution in [3.63, 3.8) is 0 Å². The van der Waals surface area contributed by atoms with Crippen LogP contribution in [0.4, 0.5) is 0 Å². The average Bonchev–Trinajstić information content (AvgIpc) is 2.37. The van der Waals surface area contributed by atoms with Gasteiger partial charge in [-0.1, -0.05) is 20.3 Å². The molecule has 0 aliphatic carbocycles. The predicted molar refractivity (Wildman–Crippen MR) is 66.9 cm³/mol. The number of hydrogen-bond acceptors (Lipinski definition) is 5. The van der Waals surface area contributed by atoms with Gasteiger partial charge in [-0.3, -0.25) is 4.79 Å². The SMILES string of the molecule is CCC[C@@H]1NC(O)=C(C(=O)OC)C[C@@H]1C(=O)CC. The molecule has 102 valence electrons. The van der Waals surface area contributed by atoms with Gasteiger partial charge >= 0.3 is 5.97 Å². The van der Waals surface area contributed by atoms with E-state index in [0.29, 0.717) is 6.42 Å². The zero-order valence-corrected chi connectivity index (χ0v) is 11.2. The molecular weight excluding hydrogens is 234 g/mol. The number of rotatable bonds is 5. The van der Waals surface area contributed by atoms with Gasteiger partial charge < -0.3 is 15.2 Å². The fourth-order valence-electron chi connectivity index (χ4n) is 2.31. The number of aliphatic hydroxyl groups is 1. The third-order valence-electron chi connectivity index (χ3n) is 3.31. The highest BCUT2D eigenvalue weighted by atomic mass is 16.5. The summed E-state index contributed by atoms with van der Waals surface area (Å²) in [4.78, 5) is 23.4. The van der Waals surface area contributed by atoms with E-state index in [9.17, 15) is 14.7 Å². The lowest BCUT2D eigenvalue weighted by Gasteiger charge is -2.32. The molecule has 0 saturated carbocycles. The van der Waals surface area contributed by atoms with Crippen LogP contribution in [0.5, 0.6) is 0 Å². The van der Waals surface area contributed by atoms with Crippen molar-refractivity contribution in [1.82, 2.24) is 5.32 Å². The summed E-state index contributed by atoms with van der Waals surface area (Å²) in [6, 6.07) is -0.101. The van der Waals surface area contributed by atoms with E-state index >= 15 is 0 Å². The number of carbonyl (C=O) groups excluding carboxylic acids is 2. The molecule has 0 aromatic heterocycles. The third-order valence-corrected chi connectivity index (χ3v) is 3.31. The molecule has 5 nitrogen and oxygen atoms in total. The van der Waals surface area contributed by atoms with Crippen LogP contribution in [0.25, 0.3) is 0 Å². The Morgan fingerprint density at radius 3 is 2.61 bits per heavy atom. The fraction of sp³-hybridized carbons (Fsp3) is 0.692. The van der Waals surface area contributed by atoms with E-state index in [2.05, 4.69) is 10.1 Å². The van der Waals surface area contributed by atoms with E-state index in [4.69, 9.17) is 0 Å². The Kier molecular flexibility index (Phi) is 5.19. The highest BCUT2D eigenvalue weighted by Gasteiger charge is 2.35. The van der Waals surface area contributed by atoms with Gasteiger partial charge in [0.1, 0.15) is 5.78 Å². The lowest BCUT2D eigenvalue weighted by molar-refractivity contribution is -0.137. The Morgan fingerprint density at radius 2 is 2.11 bits per heavy atom. The van der Waals surface area contributed by atoms with Crippen molar-refractivity contribution in [2.45, 2.75) is 45.6 Å². The standard InChI is InChI=1S/C13H21NO4/c1-4-6-10-8(11(15)5-2)7-9(12(16)14-10)13(17)18-3/h8,10,14,16H,4-7H2,1-3H3/t8-,10-/m0/s1. The van der Waals surface area contributed by atoms with Gasteiger partial charge in [0, 0.05) is 18.4 Å². The molecule has 1 aliphatic rings. The number of hydrogen-bond donors (Lipinski definition) is 2. The van der Waals surface area contributed by atoms with Crippen LogP contribution in [0.15, 0.2) is 11.5 Å². The van der Waals surface area contributed by atoms with Crippen LogP contribution >= 0.6 is 0 Å². The van der Waals surface area contributed by atoms with Gasteiger partial charge in [-0.25, -0.2) is 4.79 Å². The van der Waals surface area contributed by atoms with E-state index < -0.39 is 5.97 Å². The van der Waals surface area contributed by atoms with Crippen LogP contribution in [-0.4, -0.2) is 30.0 Å². The smallest absolute Gasteiger partial charge is 0.339 e. The van der Waals surface area contributed by atoms with Crippen LogP contribution in [0.2, 0.25) is 0 Å². The molecule has 1 aliphatic heterocycles. The second-order valence-corrected chi connectivity index (χ2v) is 4.49. The summed E-state index contributed by atoms with van der Waals surface area (Å²) in [5.74, 6) is -0.890. The zero-order chi connectivity index (χ0) is 13.7. The number of ether oxygens (including phenoxy) is 1. The molecule has 0 amide bonds. The van der Waals surface area contributed by atoms with E-state index in [0.717, 1.165) is 12.8 Å². The van der Waals surface area contributed by atoms with Crippen LogP contribution in [0.1, 0.15) is 39.5 Å². The molecule has 2 atom stereocenters. The van der Waals surface area contributed by atoms with Crippen LogP contribution in [0, 0.1) is 5.92 Å². The van der Waals surface area contributed by atoms with Gasteiger partial charge in [-0.05, 0) is 12.8 Å². The number of ketones is 1. The molecule has 0 saturated heterocycles. The summed E-state index contributed by atoms with van der Waals surface area (Å²) >= 11 is 0. The first-order chi connectivity index (χ1) is 8.54. The number of aliphatic hydroxyl groups excluding tert-OH is 1. The number of methoxy groups -OCH3 is 1. The maximum absolute atomic E-state index is 11.9. The quantitative estimate of drug-likeness (QED) is 0.731. The maximum Gasteiger partial charge on any atom is 0.339 e. The van der Waals surface area contributed by atoms with Gasteiger partial charge in [0.05, 0.1) is 12.7 Å². The highest BCUT2D eigenvalue weighted by molar-refractivity contribution is 5.91. The minimum Gasteiger partial charge on any atom is -0.494 e. The van der Waals surface area contributed by atoms with E-state index in [1.165, 1.54) is 7.11 Å². The van der Waals surface area contributed by atoms with Crippen molar-refractivity contribution < 1.29 is 19.4 Å². The molecule has 18 heavy (non-hydrogen) atoms. The van der Waals surface area contributed by atoms with E-state index in [1.54, 1.807) is 6.92 Å². The summed E-state index contributed by atoms with van der Waals surface area (Å²) in [7, 11) is 1.26. The highest BCUT2D eigenvalue weighted by Crippen LogP contribution is 2.28. The topological polar surface area (TPSA) is 75.6 Å². The van der Waals surface area contributed by atoms with Crippen molar-refractivity contribution >= 4 is 11.8 Å². The molecule has 0 unspecified atom stereocenters. The van der Waals surface area contributed by atoms with E-state index in [1.807, 2.05) is 6.92 Å². The summed E-state index contributed by atoms with van der Waals surface area (Å²) in [6.07, 6.45) is 2.38. The van der Waals surface area contributed by atoms with E-state index in [-0.39, 0.29) is 35.6 Å². The van der Waals surface area contributed by atoms with Crippen LogP contribution in [-0.2, 0) is 14.3 Å². The minimum absolute atomic E-state index is 0.101. The molecular formula is C13H21NO4. The van der Waals surface area contributed by atoms with Gasteiger partial charge in [0.2, 0.25) is 0 Å². The molecule has 2 N–H and O–H groups in total. The third kappa shape index (κ3) is 3.03. The van der Waals surface area contributed by atoms with Crippen molar-refractivity contribution in [2.75, 3.05) is 7.11 Å². The van der Waals surface area contributed by atoms with Crippen LogP contribution < -0.4 is 5.32 Å². The lowest BCUT2D eigenvalue weighted by Crippen LogP contribution is -2.44. The largest absolute Gasteiger partial charge is 0.494 e. The number of nitrogens with one attached hydrogen (secondary N) is 1. The fourth-order valence-corrected chi connectivity index (χ4v) is 2.31. The van der Waals surface area contributed by atoms with Gasteiger partial charge in [0.15, 0.2) is 5.88 Å². The number of carbonyl (C=O) groups is 2. The lowest BCUT2D eigenvalue weighted by atomic mass is 9.82. The Labute approximate surface area is 107 Å². The molecule has 1 heterocycles. The molecule has 1 rings (SSSR count). The first-order valence-corrected chi connectivity index (χ1v) is 6.34. The molecule has 0 aromatic carbocycles. The first kappa shape index (κ1) is 14.5. The van der Waals surface area contributed by atoms with Crippen molar-refractivity contribution in [3.8, 4) is 0 Å². The Hall–Kier alpha value is -1.52. The Morgan fingerprint density at radius 1 is 1.44 bits per heavy atom. The Bertz CT molecular complexity index is 362. The second-order valence-electron chi connectivity index (χ2n) is 4.49. The number of esters is 1. The predicted octanol–water partition coefficient (Wildman–Crippen LogP) is 1.69. The first-order valence-electron chi connectivity index (χ1n) is 6.34. The average molecular weight is 255 g/mol. The molecule has 0 fully saturated rings. The van der Waals surface area contributed by atoms with Gasteiger partial charge in [-0.2, -0.15) is 0 Å². The zero-order valence-electron chi connectivity index (χ0n) is 11.2. The van der Waals surface area contributed by atoms with Gasteiger partial charge in [-0.15, -0.1) is 0 Å². The minimum atomic E-state index is -0.580.